The number of amides is 1. The van der Waals surface area contributed by atoms with Gasteiger partial charge < -0.3 is 10.4 Å². The fourth-order valence-electron chi connectivity index (χ4n) is 3.21. The molecule has 2 atom stereocenters. The number of nitrogens with zero attached hydrogens (tertiary/aromatic N) is 3. The molecule has 3 rings (SSSR count). The molecule has 1 aromatic heterocycles. The highest BCUT2D eigenvalue weighted by Gasteiger charge is 2.48. The van der Waals surface area contributed by atoms with Crippen molar-refractivity contribution in [2.24, 2.45) is 17.8 Å². The summed E-state index contributed by atoms with van der Waals surface area (Å²) in [4.78, 5) is 22.5. The number of carboxylic acid groups (broad SMARTS) is 1. The standard InChI is InChI=1S/C15H22N4O3/c20-14(12-6-13(12)15(21)22)16-7-11-9-19(18-17-11)8-10-4-2-1-3-5-10/h9-10,12-13H,1-8H2,(H,16,20)(H,21,22)/t12-,13+/m0/s1. The molecule has 2 aliphatic rings. The molecule has 2 aliphatic carbocycles. The minimum atomic E-state index is -0.890. The van der Waals surface area contributed by atoms with Gasteiger partial charge >= 0.3 is 5.97 Å². The Hall–Kier alpha value is -1.92. The maximum Gasteiger partial charge on any atom is 0.307 e. The average Bonchev–Trinajstić information content (AvgIpc) is 3.21. The summed E-state index contributed by atoms with van der Waals surface area (Å²) < 4.78 is 1.86. The molecule has 0 aliphatic heterocycles. The van der Waals surface area contributed by atoms with Gasteiger partial charge in [0.1, 0.15) is 5.69 Å². The molecule has 22 heavy (non-hydrogen) atoms. The molecule has 0 saturated heterocycles. The van der Waals surface area contributed by atoms with Crippen molar-refractivity contribution in [3.63, 3.8) is 0 Å². The van der Waals surface area contributed by atoms with E-state index in [4.69, 9.17) is 5.11 Å². The molecule has 0 spiro atoms. The zero-order valence-corrected chi connectivity index (χ0v) is 12.6. The molecule has 2 saturated carbocycles. The van der Waals surface area contributed by atoms with Gasteiger partial charge in [-0.2, -0.15) is 0 Å². The van der Waals surface area contributed by atoms with Crippen molar-refractivity contribution in [2.45, 2.75) is 51.6 Å². The fourth-order valence-corrected chi connectivity index (χ4v) is 3.21. The molecule has 2 fully saturated rings. The number of aliphatic carboxylic acids is 1. The molecular weight excluding hydrogens is 284 g/mol. The minimum absolute atomic E-state index is 0.200. The Labute approximate surface area is 129 Å². The smallest absolute Gasteiger partial charge is 0.307 e. The number of carbonyl (C=O) groups is 2. The van der Waals surface area contributed by atoms with E-state index in [0.717, 1.165) is 12.2 Å². The van der Waals surface area contributed by atoms with E-state index in [0.29, 0.717) is 18.9 Å². The van der Waals surface area contributed by atoms with Crippen LogP contribution in [0.25, 0.3) is 0 Å². The van der Waals surface area contributed by atoms with E-state index >= 15 is 0 Å². The van der Waals surface area contributed by atoms with Crippen molar-refractivity contribution < 1.29 is 14.7 Å². The Morgan fingerprint density at radius 2 is 2.05 bits per heavy atom. The summed E-state index contributed by atoms with van der Waals surface area (Å²) in [7, 11) is 0. The Morgan fingerprint density at radius 3 is 2.73 bits per heavy atom. The van der Waals surface area contributed by atoms with Gasteiger partial charge in [0.25, 0.3) is 0 Å². The Balaban J connectivity index is 1.43. The largest absolute Gasteiger partial charge is 0.481 e. The zero-order valence-electron chi connectivity index (χ0n) is 12.6. The number of rotatable bonds is 6. The Bertz CT molecular complexity index is 551. The third kappa shape index (κ3) is 3.64. The van der Waals surface area contributed by atoms with Crippen LogP contribution >= 0.6 is 0 Å². The molecule has 1 aromatic rings. The summed E-state index contributed by atoms with van der Waals surface area (Å²) >= 11 is 0. The molecule has 120 valence electrons. The third-order valence-electron chi connectivity index (χ3n) is 4.64. The van der Waals surface area contributed by atoms with Crippen molar-refractivity contribution in [2.75, 3.05) is 0 Å². The number of hydrogen-bond donors (Lipinski definition) is 2. The van der Waals surface area contributed by atoms with Crippen molar-refractivity contribution in [1.82, 2.24) is 20.3 Å². The van der Waals surface area contributed by atoms with Crippen molar-refractivity contribution in [1.29, 1.82) is 0 Å². The van der Waals surface area contributed by atoms with E-state index in [2.05, 4.69) is 15.6 Å². The second-order valence-electron chi connectivity index (χ2n) is 6.44. The second kappa shape index (κ2) is 6.46. The van der Waals surface area contributed by atoms with Crippen LogP contribution in [0, 0.1) is 17.8 Å². The Kier molecular flexibility index (Phi) is 4.40. The maximum absolute atomic E-state index is 11.8. The van der Waals surface area contributed by atoms with Crippen LogP contribution in [0.3, 0.4) is 0 Å². The van der Waals surface area contributed by atoms with E-state index in [9.17, 15) is 9.59 Å². The molecule has 0 bridgehead atoms. The number of aromatic nitrogens is 3. The predicted molar refractivity (Wildman–Crippen MR) is 77.7 cm³/mol. The van der Waals surface area contributed by atoms with Crippen LogP contribution in [0.15, 0.2) is 6.20 Å². The van der Waals surface area contributed by atoms with Crippen LogP contribution in [0.2, 0.25) is 0 Å². The highest BCUT2D eigenvalue weighted by atomic mass is 16.4. The van der Waals surface area contributed by atoms with Gasteiger partial charge in [-0.1, -0.05) is 24.5 Å². The highest BCUT2D eigenvalue weighted by molar-refractivity contribution is 5.89. The number of carboxylic acids is 1. The first kappa shape index (κ1) is 15.0. The summed E-state index contributed by atoms with van der Waals surface area (Å²) in [6.45, 7) is 1.21. The van der Waals surface area contributed by atoms with Gasteiger partial charge in [0.15, 0.2) is 0 Å². The van der Waals surface area contributed by atoms with E-state index in [-0.39, 0.29) is 11.8 Å². The highest BCUT2D eigenvalue weighted by Crippen LogP contribution is 2.38. The van der Waals surface area contributed by atoms with E-state index < -0.39 is 11.9 Å². The lowest BCUT2D eigenvalue weighted by atomic mass is 9.89. The van der Waals surface area contributed by atoms with Crippen LogP contribution in [0.4, 0.5) is 0 Å². The first-order chi connectivity index (χ1) is 10.6. The molecule has 1 amide bonds. The lowest BCUT2D eigenvalue weighted by Crippen LogP contribution is -2.26. The second-order valence-corrected chi connectivity index (χ2v) is 6.44. The summed E-state index contributed by atoms with van der Waals surface area (Å²) in [5, 5.41) is 19.7. The minimum Gasteiger partial charge on any atom is -0.481 e. The molecule has 7 heteroatoms. The molecule has 0 radical (unpaired) electrons. The van der Waals surface area contributed by atoms with Gasteiger partial charge in [-0.05, 0) is 25.2 Å². The van der Waals surface area contributed by atoms with Crippen molar-refractivity contribution in [3.8, 4) is 0 Å². The van der Waals surface area contributed by atoms with Gasteiger partial charge in [-0.25, -0.2) is 0 Å². The average molecular weight is 306 g/mol. The molecule has 0 unspecified atom stereocenters. The predicted octanol–water partition coefficient (Wildman–Crippen LogP) is 1.20. The quantitative estimate of drug-likeness (QED) is 0.823. The summed E-state index contributed by atoms with van der Waals surface area (Å²) in [5.74, 6) is -1.30. The topological polar surface area (TPSA) is 97.1 Å². The monoisotopic (exact) mass is 306 g/mol. The number of carbonyl (C=O) groups excluding carboxylic acids is 1. The van der Waals surface area contributed by atoms with E-state index in [1.54, 1.807) is 0 Å². The van der Waals surface area contributed by atoms with Crippen LogP contribution in [-0.2, 0) is 22.7 Å². The van der Waals surface area contributed by atoms with Crippen LogP contribution in [0.1, 0.15) is 44.2 Å². The number of nitrogens with one attached hydrogen (secondary N) is 1. The van der Waals surface area contributed by atoms with Crippen LogP contribution in [-0.4, -0.2) is 32.0 Å². The molecular formula is C15H22N4O3. The third-order valence-corrected chi connectivity index (χ3v) is 4.64. The van der Waals surface area contributed by atoms with E-state index in [1.807, 2.05) is 10.9 Å². The maximum atomic E-state index is 11.8. The van der Waals surface area contributed by atoms with Crippen LogP contribution < -0.4 is 5.32 Å². The number of hydrogen-bond acceptors (Lipinski definition) is 4. The van der Waals surface area contributed by atoms with Crippen molar-refractivity contribution >= 4 is 11.9 Å². The summed E-state index contributed by atoms with van der Waals surface area (Å²) in [5.41, 5.74) is 0.719. The SMILES string of the molecule is O=C(NCc1cn(CC2CCCCC2)nn1)[C@H]1C[C@H]1C(=O)O. The molecule has 2 N–H and O–H groups in total. The lowest BCUT2D eigenvalue weighted by Gasteiger charge is -2.20. The van der Waals surface area contributed by atoms with Crippen molar-refractivity contribution in [3.05, 3.63) is 11.9 Å². The fraction of sp³-hybridized carbons (Fsp3) is 0.733. The normalized spacial score (nSPS) is 24.9. The van der Waals surface area contributed by atoms with Gasteiger partial charge in [0.2, 0.25) is 5.91 Å². The van der Waals surface area contributed by atoms with Gasteiger partial charge in [-0.15, -0.1) is 5.10 Å². The molecule has 1 heterocycles. The summed E-state index contributed by atoms with van der Waals surface area (Å²) in [6.07, 6.45) is 8.76. The van der Waals surface area contributed by atoms with E-state index in [1.165, 1.54) is 32.1 Å². The van der Waals surface area contributed by atoms with Gasteiger partial charge in [0, 0.05) is 6.54 Å². The lowest BCUT2D eigenvalue weighted by molar-refractivity contribution is -0.140. The first-order valence-electron chi connectivity index (χ1n) is 8.03. The Morgan fingerprint density at radius 1 is 1.27 bits per heavy atom. The molecule has 7 nitrogen and oxygen atoms in total. The van der Waals surface area contributed by atoms with Gasteiger partial charge in [0.05, 0.1) is 24.6 Å². The molecule has 0 aromatic carbocycles. The van der Waals surface area contributed by atoms with Crippen LogP contribution in [0.5, 0.6) is 0 Å². The zero-order chi connectivity index (χ0) is 15.5. The van der Waals surface area contributed by atoms with Gasteiger partial charge in [-0.3, -0.25) is 14.3 Å². The summed E-state index contributed by atoms with van der Waals surface area (Å²) in [6, 6.07) is 0. The first-order valence-corrected chi connectivity index (χ1v) is 8.03.